The first-order valence-corrected chi connectivity index (χ1v) is 2.66. The quantitative estimate of drug-likeness (QED) is 0.470. The summed E-state index contributed by atoms with van der Waals surface area (Å²) in [5.74, 6) is 0. The Morgan fingerprint density at radius 2 is 2.43 bits per heavy atom. The summed E-state index contributed by atoms with van der Waals surface area (Å²) in [5.41, 5.74) is 5.50. The molecule has 2 heteroatoms. The Bertz CT molecular complexity index is 57.1. The lowest BCUT2D eigenvalue weighted by Crippen LogP contribution is -2.18. The van der Waals surface area contributed by atoms with Crippen LogP contribution in [0.1, 0.15) is 13.3 Å². The maximum absolute atomic E-state index is 5.50. The highest BCUT2D eigenvalue weighted by Crippen LogP contribution is 2.08. The van der Waals surface area contributed by atoms with E-state index in [1.165, 1.54) is 0 Å². The molecule has 2 atom stereocenters. The molecule has 0 spiro atoms. The van der Waals surface area contributed by atoms with Crippen molar-refractivity contribution in [2.45, 2.75) is 25.5 Å². The van der Waals surface area contributed by atoms with Crippen LogP contribution in [0.2, 0.25) is 0 Å². The summed E-state index contributed by atoms with van der Waals surface area (Å²) in [4.78, 5) is 0. The highest BCUT2D eigenvalue weighted by molar-refractivity contribution is 4.71. The molecule has 2 N–H and O–H groups in total. The monoisotopic (exact) mass is 101 g/mol. The highest BCUT2D eigenvalue weighted by atomic mass is 16.5. The molecule has 1 aliphatic rings. The zero-order valence-corrected chi connectivity index (χ0v) is 4.55. The second-order valence-electron chi connectivity index (χ2n) is 2.14. The van der Waals surface area contributed by atoms with E-state index in [4.69, 9.17) is 10.5 Å². The number of nitrogens with two attached hydrogens (primary N) is 1. The minimum Gasteiger partial charge on any atom is -0.377 e. The van der Waals surface area contributed by atoms with Crippen LogP contribution in [0.5, 0.6) is 0 Å². The molecule has 1 aliphatic heterocycles. The predicted octanol–water partition coefficient (Wildman–Crippen LogP) is 0.122. The van der Waals surface area contributed by atoms with Crippen molar-refractivity contribution in [3.63, 3.8) is 0 Å². The maximum atomic E-state index is 5.50. The molecule has 1 heterocycles. The van der Waals surface area contributed by atoms with Crippen molar-refractivity contribution in [3.8, 4) is 0 Å². The van der Waals surface area contributed by atoms with E-state index in [-0.39, 0.29) is 0 Å². The first-order chi connectivity index (χ1) is 3.29. The van der Waals surface area contributed by atoms with Crippen LogP contribution in [0.15, 0.2) is 0 Å². The minimum absolute atomic E-state index is 0.301. The van der Waals surface area contributed by atoms with Crippen LogP contribution in [-0.2, 0) is 4.74 Å². The van der Waals surface area contributed by atoms with Gasteiger partial charge in [-0.05, 0) is 13.3 Å². The Hall–Kier alpha value is -0.0800. The van der Waals surface area contributed by atoms with Gasteiger partial charge in [0.2, 0.25) is 0 Å². The lowest BCUT2D eigenvalue weighted by atomic mass is 10.2. The van der Waals surface area contributed by atoms with Crippen LogP contribution in [0.25, 0.3) is 0 Å². The SMILES string of the molecule is CC1C[C@@H](N)CO1. The molecule has 0 saturated carbocycles. The van der Waals surface area contributed by atoms with Crippen molar-refractivity contribution in [2.75, 3.05) is 6.61 Å². The molecule has 1 unspecified atom stereocenters. The third kappa shape index (κ3) is 1.14. The zero-order valence-electron chi connectivity index (χ0n) is 4.55. The fourth-order valence-corrected chi connectivity index (χ4v) is 0.850. The number of hydrogen-bond donors (Lipinski definition) is 1. The van der Waals surface area contributed by atoms with E-state index in [9.17, 15) is 0 Å². The molecule has 1 saturated heterocycles. The second-order valence-corrected chi connectivity index (χ2v) is 2.14. The van der Waals surface area contributed by atoms with Crippen molar-refractivity contribution in [1.29, 1.82) is 0 Å². The summed E-state index contributed by atoms with van der Waals surface area (Å²) in [6.45, 7) is 2.80. The molecule has 0 aromatic heterocycles. The molecular formula is C5H11NO. The summed E-state index contributed by atoms with van der Waals surface area (Å²) in [5, 5.41) is 0. The molecule has 1 fully saturated rings. The van der Waals surface area contributed by atoms with Crippen LogP contribution in [0.3, 0.4) is 0 Å². The summed E-state index contributed by atoms with van der Waals surface area (Å²) in [6, 6.07) is 0.301. The molecule has 0 aliphatic carbocycles. The van der Waals surface area contributed by atoms with Gasteiger partial charge in [0.05, 0.1) is 12.7 Å². The zero-order chi connectivity index (χ0) is 5.28. The normalized spacial score (nSPS) is 42.0. The van der Waals surface area contributed by atoms with Crippen molar-refractivity contribution >= 4 is 0 Å². The van der Waals surface area contributed by atoms with Gasteiger partial charge in [0.1, 0.15) is 0 Å². The van der Waals surface area contributed by atoms with E-state index < -0.39 is 0 Å². The first kappa shape index (κ1) is 5.06. The Kier molecular flexibility index (Phi) is 1.30. The van der Waals surface area contributed by atoms with E-state index in [0.29, 0.717) is 12.1 Å². The summed E-state index contributed by atoms with van der Waals surface area (Å²) < 4.78 is 5.14. The standard InChI is InChI=1S/C5H11NO/c1-4-2-5(6)3-7-4/h4-5H,2-3,6H2,1H3/t4?,5-/m1/s1. The van der Waals surface area contributed by atoms with Gasteiger partial charge in [-0.15, -0.1) is 0 Å². The second kappa shape index (κ2) is 1.80. The van der Waals surface area contributed by atoms with Crippen LogP contribution >= 0.6 is 0 Å². The van der Waals surface area contributed by atoms with Crippen LogP contribution < -0.4 is 5.73 Å². The van der Waals surface area contributed by atoms with Gasteiger partial charge in [-0.25, -0.2) is 0 Å². The first-order valence-electron chi connectivity index (χ1n) is 2.66. The number of hydrogen-bond acceptors (Lipinski definition) is 2. The molecule has 0 radical (unpaired) electrons. The topological polar surface area (TPSA) is 35.2 Å². The summed E-state index contributed by atoms with van der Waals surface area (Å²) in [7, 11) is 0. The average Bonchev–Trinajstić information content (AvgIpc) is 1.87. The van der Waals surface area contributed by atoms with Crippen LogP contribution in [0.4, 0.5) is 0 Å². The number of ether oxygens (including phenoxy) is 1. The number of rotatable bonds is 0. The minimum atomic E-state index is 0.301. The van der Waals surface area contributed by atoms with Crippen LogP contribution in [-0.4, -0.2) is 18.8 Å². The van der Waals surface area contributed by atoms with Gasteiger partial charge in [0, 0.05) is 6.04 Å². The third-order valence-corrected chi connectivity index (χ3v) is 1.23. The molecule has 1 rings (SSSR count). The largest absolute Gasteiger partial charge is 0.377 e. The van der Waals surface area contributed by atoms with Crippen molar-refractivity contribution in [2.24, 2.45) is 5.73 Å². The van der Waals surface area contributed by atoms with Crippen molar-refractivity contribution in [1.82, 2.24) is 0 Å². The van der Waals surface area contributed by atoms with Crippen LogP contribution in [0, 0.1) is 0 Å². The summed E-state index contributed by atoms with van der Waals surface area (Å²) >= 11 is 0. The van der Waals surface area contributed by atoms with Gasteiger partial charge in [-0.3, -0.25) is 0 Å². The third-order valence-electron chi connectivity index (χ3n) is 1.23. The Labute approximate surface area is 43.6 Å². The smallest absolute Gasteiger partial charge is 0.0622 e. The molecule has 42 valence electrons. The van der Waals surface area contributed by atoms with E-state index in [1.54, 1.807) is 0 Å². The van der Waals surface area contributed by atoms with E-state index in [1.807, 2.05) is 6.92 Å². The molecule has 2 nitrogen and oxygen atoms in total. The van der Waals surface area contributed by atoms with Gasteiger partial charge < -0.3 is 10.5 Å². The molecular weight excluding hydrogens is 90.1 g/mol. The molecule has 7 heavy (non-hydrogen) atoms. The Balaban J connectivity index is 2.26. The fraction of sp³-hybridized carbons (Fsp3) is 1.00. The van der Waals surface area contributed by atoms with Gasteiger partial charge >= 0.3 is 0 Å². The highest BCUT2D eigenvalue weighted by Gasteiger charge is 2.16. The van der Waals surface area contributed by atoms with Gasteiger partial charge in [-0.2, -0.15) is 0 Å². The van der Waals surface area contributed by atoms with E-state index in [2.05, 4.69) is 0 Å². The fourth-order valence-electron chi connectivity index (χ4n) is 0.850. The van der Waals surface area contributed by atoms with Gasteiger partial charge in [0.25, 0.3) is 0 Å². The molecule has 0 bridgehead atoms. The van der Waals surface area contributed by atoms with E-state index >= 15 is 0 Å². The summed E-state index contributed by atoms with van der Waals surface area (Å²) in [6.07, 6.45) is 1.43. The average molecular weight is 101 g/mol. The lowest BCUT2D eigenvalue weighted by Gasteiger charge is -1.94. The van der Waals surface area contributed by atoms with Crippen molar-refractivity contribution < 1.29 is 4.74 Å². The van der Waals surface area contributed by atoms with Gasteiger partial charge in [0.15, 0.2) is 0 Å². The van der Waals surface area contributed by atoms with Crippen molar-refractivity contribution in [3.05, 3.63) is 0 Å². The van der Waals surface area contributed by atoms with Gasteiger partial charge in [-0.1, -0.05) is 0 Å². The Morgan fingerprint density at radius 1 is 1.71 bits per heavy atom. The molecule has 0 aromatic rings. The maximum Gasteiger partial charge on any atom is 0.0622 e. The lowest BCUT2D eigenvalue weighted by molar-refractivity contribution is 0.124. The Morgan fingerprint density at radius 3 is 2.57 bits per heavy atom. The molecule has 0 aromatic carbocycles. The van der Waals surface area contributed by atoms with E-state index in [0.717, 1.165) is 13.0 Å². The predicted molar refractivity (Wildman–Crippen MR) is 28.0 cm³/mol. The molecule has 0 amide bonds.